The Morgan fingerprint density at radius 3 is 2.50 bits per heavy atom. The van der Waals surface area contributed by atoms with E-state index in [1.165, 1.54) is 22.4 Å². The third-order valence-electron chi connectivity index (χ3n) is 3.67. The molecule has 20 heavy (non-hydrogen) atoms. The second kappa shape index (κ2) is 6.23. The number of aromatic nitrogens is 2. The molecule has 0 saturated carbocycles. The second-order valence-electron chi connectivity index (χ2n) is 5.38. The molecule has 1 unspecified atom stereocenters. The molecule has 0 amide bonds. The summed E-state index contributed by atoms with van der Waals surface area (Å²) in [6.07, 6.45) is 0. The van der Waals surface area contributed by atoms with Crippen LogP contribution in [0.3, 0.4) is 0 Å². The lowest BCUT2D eigenvalue weighted by molar-refractivity contribution is 0.539. The predicted octanol–water partition coefficient (Wildman–Crippen LogP) is 3.53. The van der Waals surface area contributed by atoms with E-state index in [9.17, 15) is 0 Å². The molecule has 0 spiro atoms. The minimum Gasteiger partial charge on any atom is -0.305 e. The van der Waals surface area contributed by atoms with Gasteiger partial charge < -0.3 is 5.32 Å². The first-order chi connectivity index (χ1) is 9.56. The van der Waals surface area contributed by atoms with Crippen molar-refractivity contribution in [1.82, 2.24) is 15.1 Å². The minimum absolute atomic E-state index is 0.210. The van der Waals surface area contributed by atoms with E-state index in [0.717, 1.165) is 18.8 Å². The van der Waals surface area contributed by atoms with Gasteiger partial charge in [0, 0.05) is 6.54 Å². The first-order valence-corrected chi connectivity index (χ1v) is 7.41. The second-order valence-corrected chi connectivity index (χ2v) is 5.38. The maximum atomic E-state index is 4.58. The quantitative estimate of drug-likeness (QED) is 0.901. The molecule has 0 saturated heterocycles. The van der Waals surface area contributed by atoms with Crippen molar-refractivity contribution in [3.05, 3.63) is 52.3 Å². The molecule has 1 N–H and O–H groups in total. The van der Waals surface area contributed by atoms with Gasteiger partial charge in [0.15, 0.2) is 0 Å². The van der Waals surface area contributed by atoms with E-state index in [1.54, 1.807) is 0 Å². The largest absolute Gasteiger partial charge is 0.305 e. The Morgan fingerprint density at radius 1 is 1.15 bits per heavy atom. The van der Waals surface area contributed by atoms with Crippen LogP contribution in [-0.2, 0) is 6.54 Å². The summed E-state index contributed by atoms with van der Waals surface area (Å²) in [5, 5.41) is 8.18. The van der Waals surface area contributed by atoms with Gasteiger partial charge in [0.25, 0.3) is 0 Å². The number of nitrogens with one attached hydrogen (secondary N) is 1. The Morgan fingerprint density at radius 2 is 1.90 bits per heavy atom. The zero-order valence-corrected chi connectivity index (χ0v) is 13.2. The van der Waals surface area contributed by atoms with Crippen LogP contribution < -0.4 is 5.32 Å². The number of benzene rings is 1. The van der Waals surface area contributed by atoms with Gasteiger partial charge in [-0.3, -0.25) is 4.68 Å². The van der Waals surface area contributed by atoms with Gasteiger partial charge in [-0.15, -0.1) is 0 Å². The SMILES string of the molecule is CCNC(c1ccc(C)cc1C)c1cc(C)nn1CC. The summed E-state index contributed by atoms with van der Waals surface area (Å²) in [5.74, 6) is 0. The zero-order chi connectivity index (χ0) is 14.7. The fourth-order valence-electron chi connectivity index (χ4n) is 2.78. The average Bonchev–Trinajstić information content (AvgIpc) is 2.78. The summed E-state index contributed by atoms with van der Waals surface area (Å²) in [7, 11) is 0. The molecule has 2 rings (SSSR count). The van der Waals surface area contributed by atoms with Crippen molar-refractivity contribution in [3.63, 3.8) is 0 Å². The molecule has 108 valence electrons. The van der Waals surface area contributed by atoms with E-state index in [1.807, 2.05) is 0 Å². The monoisotopic (exact) mass is 271 g/mol. The third-order valence-corrected chi connectivity index (χ3v) is 3.67. The van der Waals surface area contributed by atoms with Gasteiger partial charge in [0.05, 0.1) is 17.4 Å². The summed E-state index contributed by atoms with van der Waals surface area (Å²) >= 11 is 0. The van der Waals surface area contributed by atoms with Crippen LogP contribution in [0.2, 0.25) is 0 Å². The molecule has 0 aliphatic heterocycles. The number of hydrogen-bond acceptors (Lipinski definition) is 2. The third kappa shape index (κ3) is 2.93. The molecule has 0 fully saturated rings. The Labute approximate surface area is 122 Å². The summed E-state index contributed by atoms with van der Waals surface area (Å²) in [4.78, 5) is 0. The highest BCUT2D eigenvalue weighted by Crippen LogP contribution is 2.26. The molecule has 0 aliphatic rings. The highest BCUT2D eigenvalue weighted by Gasteiger charge is 2.19. The molecule has 0 bridgehead atoms. The van der Waals surface area contributed by atoms with Crippen molar-refractivity contribution in [1.29, 1.82) is 0 Å². The summed E-state index contributed by atoms with van der Waals surface area (Å²) in [5.41, 5.74) is 6.31. The molecule has 2 aromatic rings. The fraction of sp³-hybridized carbons (Fsp3) is 0.471. The van der Waals surface area contributed by atoms with E-state index < -0.39 is 0 Å². The molecule has 1 aromatic carbocycles. The van der Waals surface area contributed by atoms with Gasteiger partial charge >= 0.3 is 0 Å². The number of hydrogen-bond donors (Lipinski definition) is 1. The van der Waals surface area contributed by atoms with Crippen molar-refractivity contribution in [2.75, 3.05) is 6.54 Å². The molecule has 0 radical (unpaired) electrons. The summed E-state index contributed by atoms with van der Waals surface area (Å²) in [6.45, 7) is 12.5. The molecule has 1 atom stereocenters. The van der Waals surface area contributed by atoms with Crippen molar-refractivity contribution >= 4 is 0 Å². The number of nitrogens with zero attached hydrogens (tertiary/aromatic N) is 2. The van der Waals surface area contributed by atoms with Gasteiger partial charge in [0.2, 0.25) is 0 Å². The van der Waals surface area contributed by atoms with E-state index >= 15 is 0 Å². The lowest BCUT2D eigenvalue weighted by Gasteiger charge is -2.21. The van der Waals surface area contributed by atoms with Crippen LogP contribution in [0.5, 0.6) is 0 Å². The lowest BCUT2D eigenvalue weighted by Crippen LogP contribution is -2.25. The molecule has 1 heterocycles. The Kier molecular flexibility index (Phi) is 4.61. The van der Waals surface area contributed by atoms with Gasteiger partial charge in [-0.2, -0.15) is 5.10 Å². The van der Waals surface area contributed by atoms with Gasteiger partial charge in [-0.25, -0.2) is 0 Å². The molecule has 3 heteroatoms. The highest BCUT2D eigenvalue weighted by atomic mass is 15.3. The zero-order valence-electron chi connectivity index (χ0n) is 13.2. The van der Waals surface area contributed by atoms with Crippen LogP contribution in [0.15, 0.2) is 24.3 Å². The van der Waals surface area contributed by atoms with Crippen molar-refractivity contribution in [2.24, 2.45) is 0 Å². The van der Waals surface area contributed by atoms with Gasteiger partial charge in [-0.1, -0.05) is 30.7 Å². The molecular weight excluding hydrogens is 246 g/mol. The van der Waals surface area contributed by atoms with Crippen LogP contribution in [-0.4, -0.2) is 16.3 Å². The fourth-order valence-corrected chi connectivity index (χ4v) is 2.78. The summed E-state index contributed by atoms with van der Waals surface area (Å²) < 4.78 is 2.10. The number of aryl methyl sites for hydroxylation is 4. The topological polar surface area (TPSA) is 29.9 Å². The Hall–Kier alpha value is -1.61. The smallest absolute Gasteiger partial charge is 0.0750 e. The highest BCUT2D eigenvalue weighted by molar-refractivity contribution is 5.37. The van der Waals surface area contributed by atoms with Crippen LogP contribution >= 0.6 is 0 Å². The molecule has 0 aliphatic carbocycles. The first kappa shape index (κ1) is 14.8. The maximum absolute atomic E-state index is 4.58. The van der Waals surface area contributed by atoms with Crippen LogP contribution in [0.1, 0.15) is 48.0 Å². The van der Waals surface area contributed by atoms with E-state index in [0.29, 0.717) is 0 Å². The average molecular weight is 271 g/mol. The normalized spacial score (nSPS) is 12.7. The molecule has 3 nitrogen and oxygen atoms in total. The van der Waals surface area contributed by atoms with Crippen molar-refractivity contribution in [2.45, 2.75) is 47.2 Å². The standard InChI is InChI=1S/C17H25N3/c1-6-18-17(15-9-8-12(3)10-13(15)4)16-11-14(5)19-20(16)7-2/h8-11,17-18H,6-7H2,1-5H3. The summed E-state index contributed by atoms with van der Waals surface area (Å²) in [6, 6.07) is 9.07. The van der Waals surface area contributed by atoms with E-state index in [-0.39, 0.29) is 6.04 Å². The minimum atomic E-state index is 0.210. The van der Waals surface area contributed by atoms with Gasteiger partial charge in [0.1, 0.15) is 0 Å². The predicted molar refractivity (Wildman–Crippen MR) is 84.1 cm³/mol. The molecular formula is C17H25N3. The molecule has 1 aromatic heterocycles. The maximum Gasteiger partial charge on any atom is 0.0750 e. The van der Waals surface area contributed by atoms with Crippen LogP contribution in [0, 0.1) is 20.8 Å². The van der Waals surface area contributed by atoms with Crippen molar-refractivity contribution in [3.8, 4) is 0 Å². The number of rotatable bonds is 5. The van der Waals surface area contributed by atoms with E-state index in [4.69, 9.17) is 0 Å². The first-order valence-electron chi connectivity index (χ1n) is 7.41. The van der Waals surface area contributed by atoms with Crippen molar-refractivity contribution < 1.29 is 0 Å². The lowest BCUT2D eigenvalue weighted by atomic mass is 9.96. The van der Waals surface area contributed by atoms with Crippen LogP contribution in [0.25, 0.3) is 0 Å². The Bertz CT molecular complexity index is 584. The van der Waals surface area contributed by atoms with Gasteiger partial charge in [-0.05, 0) is 51.4 Å². The Balaban J connectivity index is 2.49. The van der Waals surface area contributed by atoms with Crippen LogP contribution in [0.4, 0.5) is 0 Å². The van der Waals surface area contributed by atoms with E-state index in [2.05, 4.69) is 74.0 Å².